The monoisotopic (exact) mass is 432 g/mol. The molecule has 2 heterocycles. The largest absolute Gasteiger partial charge is 0.507 e. The van der Waals surface area contributed by atoms with Gasteiger partial charge in [-0.25, -0.2) is 0 Å². The highest BCUT2D eigenvalue weighted by Gasteiger charge is 2.28. The number of carbonyl (C=O) groups excluding carboxylic acids is 2. The van der Waals surface area contributed by atoms with Gasteiger partial charge >= 0.3 is 0 Å². The molecule has 2 N–H and O–H groups in total. The molecule has 8 nitrogen and oxygen atoms in total. The van der Waals surface area contributed by atoms with E-state index in [4.69, 9.17) is 5.11 Å². The maximum Gasteiger partial charge on any atom is 0.286 e. The predicted molar refractivity (Wildman–Crippen MR) is 118 cm³/mol. The Bertz CT molecular complexity index is 859. The van der Waals surface area contributed by atoms with Crippen molar-refractivity contribution in [1.82, 2.24) is 14.7 Å². The molecule has 0 radical (unpaired) electrons. The van der Waals surface area contributed by atoms with Gasteiger partial charge < -0.3 is 20.0 Å². The Balaban J connectivity index is 1.73. The van der Waals surface area contributed by atoms with E-state index >= 15 is 0 Å². The van der Waals surface area contributed by atoms with Gasteiger partial charge in [0.2, 0.25) is 0 Å². The van der Waals surface area contributed by atoms with Crippen molar-refractivity contribution < 1.29 is 19.8 Å². The number of aromatic hydroxyl groups is 1. The van der Waals surface area contributed by atoms with Crippen molar-refractivity contribution in [2.24, 2.45) is 4.99 Å². The number of aliphatic hydroxyl groups is 1. The molecular weight excluding hydrogens is 404 g/mol. The molecule has 30 heavy (non-hydrogen) atoms. The second kappa shape index (κ2) is 10.1. The third-order valence-electron chi connectivity index (χ3n) is 5.28. The van der Waals surface area contributed by atoms with E-state index in [0.29, 0.717) is 40.8 Å². The third kappa shape index (κ3) is 5.03. The summed E-state index contributed by atoms with van der Waals surface area (Å²) in [5.41, 5.74) is 0.896. The topological polar surface area (TPSA) is 96.7 Å². The quantitative estimate of drug-likeness (QED) is 0.657. The van der Waals surface area contributed by atoms with Gasteiger partial charge in [0.1, 0.15) is 5.75 Å². The molecule has 3 rings (SSSR count). The lowest BCUT2D eigenvalue weighted by Gasteiger charge is -2.34. The Morgan fingerprint density at radius 3 is 2.57 bits per heavy atom. The summed E-state index contributed by atoms with van der Waals surface area (Å²) in [7, 11) is 0. The number of β-amino-alcohol motifs (C(OH)–C–C–N with tert-alkyl or cyclic N) is 1. The van der Waals surface area contributed by atoms with Crippen molar-refractivity contribution in [3.63, 3.8) is 0 Å². The van der Waals surface area contributed by atoms with E-state index in [1.807, 2.05) is 13.8 Å². The molecule has 1 aromatic carbocycles. The minimum Gasteiger partial charge on any atom is -0.507 e. The smallest absolute Gasteiger partial charge is 0.286 e. The number of carbonyl (C=O) groups is 2. The van der Waals surface area contributed by atoms with Crippen molar-refractivity contribution >= 4 is 34.8 Å². The fourth-order valence-corrected chi connectivity index (χ4v) is 4.43. The van der Waals surface area contributed by atoms with Crippen molar-refractivity contribution in [2.75, 3.05) is 52.4 Å². The summed E-state index contributed by atoms with van der Waals surface area (Å²) in [4.78, 5) is 35.6. The number of aliphatic imine (C=N–C) groups is 1. The van der Waals surface area contributed by atoms with E-state index in [0.717, 1.165) is 26.2 Å². The number of phenolic OH excluding ortho intramolecular Hbond substituents is 1. The van der Waals surface area contributed by atoms with Gasteiger partial charge in [-0.05, 0) is 49.9 Å². The van der Waals surface area contributed by atoms with E-state index in [-0.39, 0.29) is 24.2 Å². The Labute approximate surface area is 180 Å². The number of benzene rings is 1. The molecule has 0 bridgehead atoms. The maximum atomic E-state index is 12.6. The number of piperazine rings is 1. The minimum absolute atomic E-state index is 0.0121. The Kier molecular flexibility index (Phi) is 7.52. The standard InChI is InChI=1S/C21H28N4O4S/c1-3-24(4-2)20(29)15-5-6-17(27)16(13-15)14-18-19(28)22-21(30-18)25-9-7-23(8-10-25)11-12-26/h5-6,13-14,26-27H,3-4,7-12H2,1-2H3/b18-14-. The molecule has 2 aliphatic heterocycles. The molecular formula is C21H28N4O4S. The van der Waals surface area contributed by atoms with Crippen LogP contribution in [0, 0.1) is 0 Å². The number of phenols is 1. The lowest BCUT2D eigenvalue weighted by molar-refractivity contribution is -0.113. The van der Waals surface area contributed by atoms with Crippen LogP contribution in [0.2, 0.25) is 0 Å². The summed E-state index contributed by atoms with van der Waals surface area (Å²) in [5, 5.41) is 20.0. The van der Waals surface area contributed by atoms with E-state index in [2.05, 4.69) is 14.8 Å². The maximum absolute atomic E-state index is 12.6. The summed E-state index contributed by atoms with van der Waals surface area (Å²) in [6.45, 7) is 8.93. The minimum atomic E-state index is -0.340. The van der Waals surface area contributed by atoms with Gasteiger partial charge in [-0.3, -0.25) is 14.5 Å². The SMILES string of the molecule is CCN(CC)C(=O)c1ccc(O)c(/C=C2\SC(N3CCN(CCO)CC3)=NC2=O)c1. The molecule has 162 valence electrons. The lowest BCUT2D eigenvalue weighted by Crippen LogP contribution is -2.48. The molecule has 0 aliphatic carbocycles. The molecule has 0 atom stereocenters. The second-order valence-corrected chi connectivity index (χ2v) is 8.12. The average Bonchev–Trinajstić information content (AvgIpc) is 3.11. The van der Waals surface area contributed by atoms with Crippen molar-refractivity contribution in [3.05, 3.63) is 34.2 Å². The molecule has 0 spiro atoms. The van der Waals surface area contributed by atoms with Crippen LogP contribution in [-0.2, 0) is 4.79 Å². The number of nitrogens with zero attached hydrogens (tertiary/aromatic N) is 4. The highest BCUT2D eigenvalue weighted by atomic mass is 32.2. The van der Waals surface area contributed by atoms with Crippen LogP contribution in [0.3, 0.4) is 0 Å². The van der Waals surface area contributed by atoms with Gasteiger partial charge in [0.05, 0.1) is 11.5 Å². The Hall–Kier alpha value is -2.36. The average molecular weight is 433 g/mol. The summed E-state index contributed by atoms with van der Waals surface area (Å²) >= 11 is 1.29. The van der Waals surface area contributed by atoms with E-state index in [1.54, 1.807) is 23.1 Å². The van der Waals surface area contributed by atoms with Crippen molar-refractivity contribution in [1.29, 1.82) is 0 Å². The molecule has 0 aromatic heterocycles. The first-order valence-electron chi connectivity index (χ1n) is 10.2. The summed E-state index contributed by atoms with van der Waals surface area (Å²) in [5.74, 6) is -0.437. The predicted octanol–water partition coefficient (Wildman–Crippen LogP) is 1.45. The van der Waals surface area contributed by atoms with Gasteiger partial charge in [-0.1, -0.05) is 0 Å². The first kappa shape index (κ1) is 22.3. The van der Waals surface area contributed by atoms with Crippen molar-refractivity contribution in [2.45, 2.75) is 13.8 Å². The van der Waals surface area contributed by atoms with Gasteiger partial charge in [0.25, 0.3) is 11.8 Å². The molecule has 2 amide bonds. The summed E-state index contributed by atoms with van der Waals surface area (Å²) in [6.07, 6.45) is 1.60. The highest BCUT2D eigenvalue weighted by Crippen LogP contribution is 2.33. The van der Waals surface area contributed by atoms with Crippen molar-refractivity contribution in [3.8, 4) is 5.75 Å². The fraction of sp³-hybridized carbons (Fsp3) is 0.476. The zero-order valence-corrected chi connectivity index (χ0v) is 18.2. The zero-order chi connectivity index (χ0) is 21.7. The number of aliphatic hydroxyl groups excluding tert-OH is 1. The molecule has 1 fully saturated rings. The van der Waals surface area contributed by atoms with Crippen LogP contribution in [0.4, 0.5) is 0 Å². The van der Waals surface area contributed by atoms with Gasteiger partial charge in [-0.2, -0.15) is 4.99 Å². The number of amides is 2. The number of amidine groups is 1. The van der Waals surface area contributed by atoms with Gasteiger partial charge in [0.15, 0.2) is 5.17 Å². The van der Waals surface area contributed by atoms with Crippen LogP contribution in [-0.4, -0.2) is 94.3 Å². The van der Waals surface area contributed by atoms with Gasteiger partial charge in [0, 0.05) is 56.9 Å². The molecule has 0 saturated carbocycles. The van der Waals surface area contributed by atoms with Crippen LogP contribution in [0.1, 0.15) is 29.8 Å². The van der Waals surface area contributed by atoms with E-state index in [1.165, 1.54) is 17.8 Å². The third-order valence-corrected chi connectivity index (χ3v) is 6.32. The molecule has 2 aliphatic rings. The highest BCUT2D eigenvalue weighted by molar-refractivity contribution is 8.18. The fourth-order valence-electron chi connectivity index (χ4n) is 3.48. The normalized spacial score (nSPS) is 18.8. The van der Waals surface area contributed by atoms with Crippen LogP contribution < -0.4 is 0 Å². The zero-order valence-electron chi connectivity index (χ0n) is 17.4. The number of hydrogen-bond acceptors (Lipinski definition) is 7. The number of hydrogen-bond donors (Lipinski definition) is 2. The van der Waals surface area contributed by atoms with E-state index < -0.39 is 0 Å². The molecule has 9 heteroatoms. The second-order valence-electron chi connectivity index (χ2n) is 7.11. The summed E-state index contributed by atoms with van der Waals surface area (Å²) < 4.78 is 0. The number of thioether (sulfide) groups is 1. The molecule has 1 saturated heterocycles. The lowest BCUT2D eigenvalue weighted by atomic mass is 10.1. The molecule has 1 aromatic rings. The molecule has 0 unspecified atom stereocenters. The first-order valence-corrected chi connectivity index (χ1v) is 11.0. The van der Waals surface area contributed by atoms with Crippen LogP contribution >= 0.6 is 11.8 Å². The number of rotatable bonds is 6. The van der Waals surface area contributed by atoms with Gasteiger partial charge in [-0.15, -0.1) is 0 Å². The van der Waals surface area contributed by atoms with E-state index in [9.17, 15) is 14.7 Å². The van der Waals surface area contributed by atoms with Crippen LogP contribution in [0.15, 0.2) is 28.1 Å². The van der Waals surface area contributed by atoms with Crippen LogP contribution in [0.25, 0.3) is 6.08 Å². The van der Waals surface area contributed by atoms with Crippen LogP contribution in [0.5, 0.6) is 5.75 Å². The Morgan fingerprint density at radius 1 is 1.23 bits per heavy atom. The summed E-state index contributed by atoms with van der Waals surface area (Å²) in [6, 6.07) is 4.69. The first-order chi connectivity index (χ1) is 14.5. The Morgan fingerprint density at radius 2 is 1.93 bits per heavy atom.